The molecule has 0 bridgehead atoms. The summed E-state index contributed by atoms with van der Waals surface area (Å²) >= 11 is 0. The SMILES string of the molecule is O=C(NCc1cccnc1)N1CCC(C(=O)N2CCOCC2)CC1. The number of carbonyl (C=O) groups excluding carboxylic acids is 2. The number of ether oxygens (including phenoxy) is 1. The van der Waals surface area contributed by atoms with Crippen molar-refractivity contribution in [2.45, 2.75) is 19.4 Å². The van der Waals surface area contributed by atoms with Crippen molar-refractivity contribution < 1.29 is 14.3 Å². The molecule has 24 heavy (non-hydrogen) atoms. The fourth-order valence-corrected chi connectivity index (χ4v) is 3.16. The minimum absolute atomic E-state index is 0.0328. The van der Waals surface area contributed by atoms with E-state index in [1.165, 1.54) is 0 Å². The van der Waals surface area contributed by atoms with Crippen molar-refractivity contribution in [1.29, 1.82) is 0 Å². The van der Waals surface area contributed by atoms with Crippen LogP contribution in [0, 0.1) is 5.92 Å². The van der Waals surface area contributed by atoms with Crippen LogP contribution >= 0.6 is 0 Å². The van der Waals surface area contributed by atoms with Crippen molar-refractivity contribution >= 4 is 11.9 Å². The first-order valence-corrected chi connectivity index (χ1v) is 8.52. The maximum Gasteiger partial charge on any atom is 0.317 e. The van der Waals surface area contributed by atoms with Crippen LogP contribution in [0.1, 0.15) is 18.4 Å². The van der Waals surface area contributed by atoms with Gasteiger partial charge in [0.2, 0.25) is 5.91 Å². The molecule has 7 nitrogen and oxygen atoms in total. The topological polar surface area (TPSA) is 74.8 Å². The first-order valence-electron chi connectivity index (χ1n) is 8.52. The monoisotopic (exact) mass is 332 g/mol. The number of nitrogens with zero attached hydrogens (tertiary/aromatic N) is 3. The van der Waals surface area contributed by atoms with Gasteiger partial charge >= 0.3 is 6.03 Å². The summed E-state index contributed by atoms with van der Waals surface area (Å²) in [4.78, 5) is 32.4. The number of amides is 3. The van der Waals surface area contributed by atoms with Crippen molar-refractivity contribution in [3.05, 3.63) is 30.1 Å². The maximum absolute atomic E-state index is 12.5. The van der Waals surface area contributed by atoms with Crippen LogP contribution in [0.2, 0.25) is 0 Å². The average molecular weight is 332 g/mol. The van der Waals surface area contributed by atoms with E-state index in [9.17, 15) is 9.59 Å². The van der Waals surface area contributed by atoms with Crippen LogP contribution in [-0.4, -0.2) is 66.1 Å². The summed E-state index contributed by atoms with van der Waals surface area (Å²) in [7, 11) is 0. The highest BCUT2D eigenvalue weighted by Crippen LogP contribution is 2.20. The van der Waals surface area contributed by atoms with Gasteiger partial charge in [0, 0.05) is 51.0 Å². The summed E-state index contributed by atoms with van der Waals surface area (Å²) in [6.45, 7) is 4.34. The van der Waals surface area contributed by atoms with Gasteiger partial charge in [-0.1, -0.05) is 6.07 Å². The molecule has 2 saturated heterocycles. The smallest absolute Gasteiger partial charge is 0.317 e. The number of carbonyl (C=O) groups is 2. The second-order valence-electron chi connectivity index (χ2n) is 6.22. The Morgan fingerprint density at radius 2 is 1.92 bits per heavy atom. The molecular weight excluding hydrogens is 308 g/mol. The van der Waals surface area contributed by atoms with E-state index in [1.54, 1.807) is 17.3 Å². The first kappa shape index (κ1) is 16.7. The highest BCUT2D eigenvalue weighted by molar-refractivity contribution is 5.80. The third kappa shape index (κ3) is 4.23. The quantitative estimate of drug-likeness (QED) is 0.891. The minimum atomic E-state index is -0.0730. The number of pyridine rings is 1. The number of nitrogens with one attached hydrogen (secondary N) is 1. The molecule has 3 amide bonds. The third-order valence-electron chi connectivity index (χ3n) is 4.62. The number of urea groups is 1. The number of rotatable bonds is 3. The van der Waals surface area contributed by atoms with Gasteiger partial charge in [-0.2, -0.15) is 0 Å². The van der Waals surface area contributed by atoms with E-state index in [-0.39, 0.29) is 17.9 Å². The van der Waals surface area contributed by atoms with Crippen molar-refractivity contribution in [1.82, 2.24) is 20.1 Å². The summed E-state index contributed by atoms with van der Waals surface area (Å²) in [6.07, 6.45) is 4.92. The van der Waals surface area contributed by atoms with Crippen LogP contribution in [-0.2, 0) is 16.1 Å². The van der Waals surface area contributed by atoms with E-state index in [0.29, 0.717) is 45.9 Å². The molecule has 1 aromatic heterocycles. The van der Waals surface area contributed by atoms with Gasteiger partial charge < -0.3 is 19.9 Å². The standard InChI is InChI=1S/C17H24N4O3/c22-16(20-8-10-24-11-9-20)15-3-6-21(7-4-15)17(23)19-13-14-2-1-5-18-12-14/h1-2,5,12,15H,3-4,6-11,13H2,(H,19,23). The van der Waals surface area contributed by atoms with E-state index in [4.69, 9.17) is 4.74 Å². The van der Waals surface area contributed by atoms with Gasteiger partial charge in [-0.25, -0.2) is 4.79 Å². The van der Waals surface area contributed by atoms with Gasteiger partial charge in [-0.05, 0) is 24.5 Å². The normalized spacial score (nSPS) is 19.2. The van der Waals surface area contributed by atoms with Gasteiger partial charge in [0.25, 0.3) is 0 Å². The van der Waals surface area contributed by atoms with Gasteiger partial charge in [-0.15, -0.1) is 0 Å². The highest BCUT2D eigenvalue weighted by atomic mass is 16.5. The molecule has 0 saturated carbocycles. The van der Waals surface area contributed by atoms with Gasteiger partial charge in [-0.3, -0.25) is 9.78 Å². The van der Waals surface area contributed by atoms with Crippen molar-refractivity contribution in [2.75, 3.05) is 39.4 Å². The molecule has 0 unspecified atom stereocenters. The molecule has 0 radical (unpaired) electrons. The molecule has 0 atom stereocenters. The summed E-state index contributed by atoms with van der Waals surface area (Å²) in [5, 5.41) is 2.91. The molecule has 0 aromatic carbocycles. The van der Waals surface area contributed by atoms with Crippen LogP contribution in [0.4, 0.5) is 4.79 Å². The molecule has 0 aliphatic carbocycles. The largest absolute Gasteiger partial charge is 0.378 e. The fourth-order valence-electron chi connectivity index (χ4n) is 3.16. The Bertz CT molecular complexity index is 552. The Morgan fingerprint density at radius 3 is 2.58 bits per heavy atom. The van der Waals surface area contributed by atoms with E-state index in [1.807, 2.05) is 17.0 Å². The molecule has 1 N–H and O–H groups in total. The summed E-state index contributed by atoms with van der Waals surface area (Å²) in [6, 6.07) is 3.71. The second-order valence-corrected chi connectivity index (χ2v) is 6.22. The number of likely N-dealkylation sites (tertiary alicyclic amines) is 1. The number of aromatic nitrogens is 1. The molecule has 2 aliphatic heterocycles. The van der Waals surface area contributed by atoms with Gasteiger partial charge in [0.15, 0.2) is 0 Å². The maximum atomic E-state index is 12.5. The number of hydrogen-bond donors (Lipinski definition) is 1. The van der Waals surface area contributed by atoms with E-state index < -0.39 is 0 Å². The fraction of sp³-hybridized carbons (Fsp3) is 0.588. The van der Waals surface area contributed by atoms with Crippen LogP contribution < -0.4 is 5.32 Å². The lowest BCUT2D eigenvalue weighted by molar-refractivity contribution is -0.141. The van der Waals surface area contributed by atoms with Crippen LogP contribution in [0.3, 0.4) is 0 Å². The second kappa shape index (κ2) is 8.10. The zero-order valence-electron chi connectivity index (χ0n) is 13.8. The van der Waals surface area contributed by atoms with Crippen LogP contribution in [0.15, 0.2) is 24.5 Å². The first-order chi connectivity index (χ1) is 11.7. The zero-order chi connectivity index (χ0) is 16.8. The predicted octanol–water partition coefficient (Wildman–Crippen LogP) is 0.862. The Labute approximate surface area is 142 Å². The van der Waals surface area contributed by atoms with Crippen molar-refractivity contribution in [2.24, 2.45) is 5.92 Å². The molecule has 3 heterocycles. The van der Waals surface area contributed by atoms with Crippen molar-refractivity contribution in [3.8, 4) is 0 Å². The number of piperidine rings is 1. The molecule has 2 aliphatic rings. The average Bonchev–Trinajstić information content (AvgIpc) is 2.67. The molecule has 3 rings (SSSR count). The minimum Gasteiger partial charge on any atom is -0.378 e. The third-order valence-corrected chi connectivity index (χ3v) is 4.62. The molecule has 1 aromatic rings. The lowest BCUT2D eigenvalue weighted by atomic mass is 9.95. The molecule has 7 heteroatoms. The van der Waals surface area contributed by atoms with Crippen LogP contribution in [0.25, 0.3) is 0 Å². The van der Waals surface area contributed by atoms with Crippen LogP contribution in [0.5, 0.6) is 0 Å². The molecular formula is C17H24N4O3. The zero-order valence-corrected chi connectivity index (χ0v) is 13.8. The van der Waals surface area contributed by atoms with Crippen molar-refractivity contribution in [3.63, 3.8) is 0 Å². The highest BCUT2D eigenvalue weighted by Gasteiger charge is 2.30. The molecule has 0 spiro atoms. The summed E-state index contributed by atoms with van der Waals surface area (Å²) in [5.41, 5.74) is 0.975. The Kier molecular flexibility index (Phi) is 5.63. The Balaban J connectivity index is 1.42. The lowest BCUT2D eigenvalue weighted by Crippen LogP contribution is -2.49. The molecule has 130 valence electrons. The van der Waals surface area contributed by atoms with Gasteiger partial charge in [0.05, 0.1) is 13.2 Å². The van der Waals surface area contributed by atoms with E-state index in [2.05, 4.69) is 10.3 Å². The summed E-state index contributed by atoms with van der Waals surface area (Å²) < 4.78 is 5.29. The number of morpholine rings is 1. The Hall–Kier alpha value is -2.15. The molecule has 2 fully saturated rings. The Morgan fingerprint density at radius 1 is 1.17 bits per heavy atom. The van der Waals surface area contributed by atoms with E-state index >= 15 is 0 Å². The predicted molar refractivity (Wildman–Crippen MR) is 88.2 cm³/mol. The lowest BCUT2D eigenvalue weighted by Gasteiger charge is -2.35. The van der Waals surface area contributed by atoms with Gasteiger partial charge in [0.1, 0.15) is 0 Å². The summed E-state index contributed by atoms with van der Waals surface area (Å²) in [5.74, 6) is 0.249. The van der Waals surface area contributed by atoms with E-state index in [0.717, 1.165) is 18.4 Å². The number of hydrogen-bond acceptors (Lipinski definition) is 4.